The summed E-state index contributed by atoms with van der Waals surface area (Å²) in [5.74, 6) is 0.177. The van der Waals surface area contributed by atoms with E-state index in [9.17, 15) is 4.79 Å². The fourth-order valence-corrected chi connectivity index (χ4v) is 4.01. The van der Waals surface area contributed by atoms with Crippen LogP contribution in [0, 0.1) is 13.8 Å². The highest BCUT2D eigenvalue weighted by molar-refractivity contribution is 5.93. The van der Waals surface area contributed by atoms with Crippen molar-refractivity contribution in [1.82, 2.24) is 4.90 Å². The number of hydrogen-bond acceptors (Lipinski definition) is 2. The summed E-state index contributed by atoms with van der Waals surface area (Å²) in [5, 5.41) is 3.15. The topological polar surface area (TPSA) is 32.3 Å². The number of rotatable bonds is 3. The molecule has 2 saturated heterocycles. The standard InChI is InChI=1S/C17H24N2O.CH4/c1-13-6-3-7-14(2)16(13)18-15(20)12-17-8-4-10-19(17)11-5-9-17;/h3,6-7H,4-5,8-12H2,1-2H3,(H,18,20);1H4. The molecule has 2 aliphatic heterocycles. The van der Waals surface area contributed by atoms with Crippen molar-refractivity contribution < 1.29 is 4.79 Å². The molecule has 0 unspecified atom stereocenters. The first kappa shape index (κ1) is 16.0. The summed E-state index contributed by atoms with van der Waals surface area (Å²) < 4.78 is 0. The number of anilines is 1. The number of amides is 1. The average Bonchev–Trinajstić information content (AvgIpc) is 2.93. The van der Waals surface area contributed by atoms with E-state index in [0.717, 1.165) is 16.8 Å². The molecule has 21 heavy (non-hydrogen) atoms. The molecule has 3 nitrogen and oxygen atoms in total. The van der Waals surface area contributed by atoms with Crippen molar-refractivity contribution in [3.8, 4) is 0 Å². The fourth-order valence-electron chi connectivity index (χ4n) is 4.01. The van der Waals surface area contributed by atoms with Gasteiger partial charge in [0.15, 0.2) is 0 Å². The van der Waals surface area contributed by atoms with Gasteiger partial charge in [-0.1, -0.05) is 25.6 Å². The Hall–Kier alpha value is -1.35. The summed E-state index contributed by atoms with van der Waals surface area (Å²) in [6.07, 6.45) is 5.52. The highest BCUT2D eigenvalue weighted by Gasteiger charge is 2.45. The minimum absolute atomic E-state index is 0. The van der Waals surface area contributed by atoms with E-state index in [-0.39, 0.29) is 18.9 Å². The molecule has 0 aliphatic carbocycles. The van der Waals surface area contributed by atoms with Crippen LogP contribution >= 0.6 is 0 Å². The van der Waals surface area contributed by atoms with E-state index in [1.807, 2.05) is 6.07 Å². The molecule has 0 spiro atoms. The minimum atomic E-state index is 0. The summed E-state index contributed by atoms with van der Waals surface area (Å²) in [6.45, 7) is 6.46. The van der Waals surface area contributed by atoms with Crippen LogP contribution in [-0.4, -0.2) is 29.4 Å². The van der Waals surface area contributed by atoms with E-state index in [0.29, 0.717) is 6.42 Å². The Bertz CT molecular complexity index is 494. The van der Waals surface area contributed by atoms with Crippen molar-refractivity contribution in [3.05, 3.63) is 29.3 Å². The zero-order valence-electron chi connectivity index (χ0n) is 12.5. The van der Waals surface area contributed by atoms with Gasteiger partial charge in [-0.3, -0.25) is 9.69 Å². The Kier molecular flexibility index (Phi) is 4.72. The molecule has 0 atom stereocenters. The largest absolute Gasteiger partial charge is 0.326 e. The number of carbonyl (C=O) groups is 1. The number of aryl methyl sites for hydroxylation is 2. The van der Waals surface area contributed by atoms with Crippen molar-refractivity contribution >= 4 is 11.6 Å². The molecule has 0 radical (unpaired) electrons. The number of benzene rings is 1. The molecular weight excluding hydrogens is 260 g/mol. The Balaban J connectivity index is 0.00000161. The van der Waals surface area contributed by atoms with Crippen LogP contribution in [0.5, 0.6) is 0 Å². The number of fused-ring (bicyclic) bond motifs is 1. The minimum Gasteiger partial charge on any atom is -0.326 e. The van der Waals surface area contributed by atoms with Gasteiger partial charge in [-0.15, -0.1) is 0 Å². The van der Waals surface area contributed by atoms with Gasteiger partial charge in [-0.25, -0.2) is 0 Å². The van der Waals surface area contributed by atoms with Gasteiger partial charge in [0.25, 0.3) is 0 Å². The summed E-state index contributed by atoms with van der Waals surface area (Å²) in [5.41, 5.74) is 3.45. The van der Waals surface area contributed by atoms with E-state index >= 15 is 0 Å². The first-order valence-electron chi connectivity index (χ1n) is 7.72. The highest BCUT2D eigenvalue weighted by Crippen LogP contribution is 2.41. The second-order valence-corrected chi connectivity index (χ2v) is 6.41. The molecule has 0 bridgehead atoms. The lowest BCUT2D eigenvalue weighted by atomic mass is 9.90. The summed E-state index contributed by atoms with van der Waals surface area (Å²) in [4.78, 5) is 15.0. The Labute approximate surface area is 128 Å². The van der Waals surface area contributed by atoms with Gasteiger partial charge in [0, 0.05) is 17.6 Å². The molecule has 1 N–H and O–H groups in total. The van der Waals surface area contributed by atoms with Gasteiger partial charge < -0.3 is 5.32 Å². The number of nitrogens with one attached hydrogen (secondary N) is 1. The van der Waals surface area contributed by atoms with Crippen LogP contribution in [0.1, 0.15) is 50.7 Å². The maximum Gasteiger partial charge on any atom is 0.226 e. The molecule has 1 aromatic carbocycles. The molecule has 1 aromatic rings. The zero-order valence-corrected chi connectivity index (χ0v) is 12.5. The molecule has 116 valence electrons. The van der Waals surface area contributed by atoms with E-state index in [4.69, 9.17) is 0 Å². The van der Waals surface area contributed by atoms with E-state index < -0.39 is 0 Å². The molecular formula is C18H28N2O. The van der Waals surface area contributed by atoms with Crippen LogP contribution in [0.15, 0.2) is 18.2 Å². The molecule has 2 heterocycles. The second-order valence-electron chi connectivity index (χ2n) is 6.41. The monoisotopic (exact) mass is 288 g/mol. The molecule has 1 amide bonds. The van der Waals surface area contributed by atoms with E-state index in [1.165, 1.54) is 38.8 Å². The molecule has 2 fully saturated rings. The van der Waals surface area contributed by atoms with E-state index in [1.54, 1.807) is 0 Å². The Morgan fingerprint density at radius 3 is 2.33 bits per heavy atom. The number of hydrogen-bond donors (Lipinski definition) is 1. The normalized spacial score (nSPS) is 19.9. The average molecular weight is 288 g/mol. The van der Waals surface area contributed by atoms with Gasteiger partial charge >= 0.3 is 0 Å². The number of nitrogens with zero attached hydrogens (tertiary/aromatic N) is 1. The second kappa shape index (κ2) is 6.18. The predicted molar refractivity (Wildman–Crippen MR) is 88.7 cm³/mol. The molecule has 3 rings (SSSR count). The van der Waals surface area contributed by atoms with Crippen LogP contribution < -0.4 is 5.32 Å². The van der Waals surface area contributed by atoms with Crippen molar-refractivity contribution in [3.63, 3.8) is 0 Å². The van der Waals surface area contributed by atoms with Crippen LogP contribution in [0.25, 0.3) is 0 Å². The van der Waals surface area contributed by atoms with E-state index in [2.05, 4.69) is 36.2 Å². The third-order valence-electron chi connectivity index (χ3n) is 5.05. The van der Waals surface area contributed by atoms with Gasteiger partial charge in [0.05, 0.1) is 0 Å². The summed E-state index contributed by atoms with van der Waals surface area (Å²) >= 11 is 0. The van der Waals surface area contributed by atoms with Crippen LogP contribution in [0.3, 0.4) is 0 Å². The highest BCUT2D eigenvalue weighted by atomic mass is 16.1. The smallest absolute Gasteiger partial charge is 0.226 e. The van der Waals surface area contributed by atoms with Crippen LogP contribution in [0.4, 0.5) is 5.69 Å². The zero-order chi connectivity index (χ0) is 14.2. The predicted octanol–water partition coefficient (Wildman–Crippen LogP) is 3.90. The number of para-hydroxylation sites is 1. The van der Waals surface area contributed by atoms with Gasteiger partial charge in [0.1, 0.15) is 0 Å². The van der Waals surface area contributed by atoms with Crippen molar-refractivity contribution in [2.45, 2.75) is 58.9 Å². The SMILES string of the molecule is C.Cc1cccc(C)c1NC(=O)CC12CCCN1CCC2. The Morgan fingerprint density at radius 2 is 1.76 bits per heavy atom. The van der Waals surface area contributed by atoms with Gasteiger partial charge in [-0.2, -0.15) is 0 Å². The summed E-state index contributed by atoms with van der Waals surface area (Å²) in [6, 6.07) is 6.14. The lowest BCUT2D eigenvalue weighted by Crippen LogP contribution is -2.41. The summed E-state index contributed by atoms with van der Waals surface area (Å²) in [7, 11) is 0. The third-order valence-corrected chi connectivity index (χ3v) is 5.05. The lowest BCUT2D eigenvalue weighted by molar-refractivity contribution is -0.118. The maximum atomic E-state index is 12.5. The fraction of sp³-hybridized carbons (Fsp3) is 0.611. The number of carbonyl (C=O) groups excluding carboxylic acids is 1. The quantitative estimate of drug-likeness (QED) is 0.915. The maximum absolute atomic E-state index is 12.5. The molecule has 0 aromatic heterocycles. The third kappa shape index (κ3) is 2.98. The van der Waals surface area contributed by atoms with Crippen LogP contribution in [-0.2, 0) is 4.79 Å². The van der Waals surface area contributed by atoms with Crippen molar-refractivity contribution in [2.24, 2.45) is 0 Å². The molecule has 0 saturated carbocycles. The van der Waals surface area contributed by atoms with Gasteiger partial charge in [-0.05, 0) is 63.7 Å². The first-order chi connectivity index (χ1) is 9.61. The van der Waals surface area contributed by atoms with Gasteiger partial charge in [0.2, 0.25) is 5.91 Å². The van der Waals surface area contributed by atoms with Crippen molar-refractivity contribution in [1.29, 1.82) is 0 Å². The lowest BCUT2D eigenvalue weighted by Gasteiger charge is -2.31. The Morgan fingerprint density at radius 1 is 1.19 bits per heavy atom. The van der Waals surface area contributed by atoms with Crippen molar-refractivity contribution in [2.75, 3.05) is 18.4 Å². The molecule has 3 heteroatoms. The van der Waals surface area contributed by atoms with Crippen LogP contribution in [0.2, 0.25) is 0 Å². The molecule has 2 aliphatic rings. The first-order valence-corrected chi connectivity index (χ1v) is 7.72.